The van der Waals surface area contributed by atoms with E-state index in [1.165, 1.54) is 6.21 Å². The van der Waals surface area contributed by atoms with Crippen LogP contribution in [0.3, 0.4) is 0 Å². The largest absolute Gasteiger partial charge is 0.619 e. The third-order valence-electron chi connectivity index (χ3n) is 1.25. The van der Waals surface area contributed by atoms with Gasteiger partial charge in [-0.2, -0.15) is 4.74 Å². The summed E-state index contributed by atoms with van der Waals surface area (Å²) in [6.45, 7) is 1.71. The first-order valence-electron chi connectivity index (χ1n) is 3.15. The minimum Gasteiger partial charge on any atom is -0.619 e. The number of nitrogens with zero attached hydrogens (tertiary/aromatic N) is 1. The van der Waals surface area contributed by atoms with Crippen LogP contribution in [-0.2, 0) is 0 Å². The maximum absolute atomic E-state index is 10.9. The first-order valence-corrected chi connectivity index (χ1v) is 3.15. The van der Waals surface area contributed by atoms with Gasteiger partial charge in [0.05, 0.1) is 0 Å². The van der Waals surface area contributed by atoms with Crippen molar-refractivity contribution in [1.29, 1.82) is 0 Å². The van der Waals surface area contributed by atoms with E-state index in [2.05, 4.69) is 0 Å². The molecule has 0 aromatic heterocycles. The summed E-state index contributed by atoms with van der Waals surface area (Å²) in [6.07, 6.45) is 1.48. The summed E-state index contributed by atoms with van der Waals surface area (Å²) >= 11 is 0. The fourth-order valence-electron chi connectivity index (χ4n) is 0.724. The number of hydrogen-bond donors (Lipinski definition) is 0. The first-order chi connectivity index (χ1) is 4.84. The molecular weight excluding hydrogens is 126 g/mol. The molecule has 0 aliphatic carbocycles. The third-order valence-corrected chi connectivity index (χ3v) is 1.25. The van der Waals surface area contributed by atoms with Crippen LogP contribution in [0.15, 0.2) is 30.3 Å². The van der Waals surface area contributed by atoms with Gasteiger partial charge in [0.2, 0.25) is 5.69 Å². The molecule has 0 amide bonds. The minimum absolute atomic E-state index is 0.671. The van der Waals surface area contributed by atoms with Gasteiger partial charge in [0.1, 0.15) is 0 Å². The van der Waals surface area contributed by atoms with Crippen molar-refractivity contribution in [2.75, 3.05) is 0 Å². The predicted octanol–water partition coefficient (Wildman–Crippen LogP) is 1.92. The van der Waals surface area contributed by atoms with E-state index in [0.29, 0.717) is 5.69 Å². The van der Waals surface area contributed by atoms with E-state index in [-0.39, 0.29) is 0 Å². The van der Waals surface area contributed by atoms with Gasteiger partial charge < -0.3 is 5.21 Å². The molecule has 0 spiro atoms. The van der Waals surface area contributed by atoms with Crippen molar-refractivity contribution in [2.45, 2.75) is 6.92 Å². The molecule has 1 rings (SSSR count). The second kappa shape index (κ2) is 3.01. The summed E-state index contributed by atoms with van der Waals surface area (Å²) in [5, 5.41) is 10.9. The normalized spacial score (nSPS) is 11.5. The van der Waals surface area contributed by atoms with Crippen molar-refractivity contribution in [3.63, 3.8) is 0 Å². The molecule has 1 aromatic carbocycles. The maximum atomic E-state index is 10.9. The van der Waals surface area contributed by atoms with Gasteiger partial charge in [0.15, 0.2) is 6.21 Å². The van der Waals surface area contributed by atoms with Crippen LogP contribution in [0.5, 0.6) is 0 Å². The zero-order chi connectivity index (χ0) is 7.40. The molecule has 10 heavy (non-hydrogen) atoms. The highest BCUT2D eigenvalue weighted by Crippen LogP contribution is 2.07. The molecule has 0 unspecified atom stereocenters. The highest BCUT2D eigenvalue weighted by molar-refractivity contribution is 5.50. The molecule has 1 aromatic rings. The van der Waals surface area contributed by atoms with Gasteiger partial charge in [-0.1, -0.05) is 18.2 Å². The molecule has 0 aliphatic heterocycles. The summed E-state index contributed by atoms with van der Waals surface area (Å²) in [5.74, 6) is 0. The first kappa shape index (κ1) is 6.81. The van der Waals surface area contributed by atoms with Gasteiger partial charge in [-0.05, 0) is 0 Å². The van der Waals surface area contributed by atoms with Crippen LogP contribution in [0.2, 0.25) is 0 Å². The zero-order valence-corrected chi connectivity index (χ0v) is 5.82. The Labute approximate surface area is 60.0 Å². The Morgan fingerprint density at radius 2 is 1.90 bits per heavy atom. The van der Waals surface area contributed by atoms with Crippen LogP contribution >= 0.6 is 0 Å². The van der Waals surface area contributed by atoms with Crippen LogP contribution in [0.4, 0.5) is 5.69 Å². The van der Waals surface area contributed by atoms with Gasteiger partial charge in [-0.3, -0.25) is 0 Å². The van der Waals surface area contributed by atoms with Crippen LogP contribution < -0.4 is 0 Å². The maximum Gasteiger partial charge on any atom is 0.216 e. The van der Waals surface area contributed by atoms with Gasteiger partial charge in [0.25, 0.3) is 0 Å². The Kier molecular flexibility index (Phi) is 2.05. The van der Waals surface area contributed by atoms with Crippen molar-refractivity contribution >= 4 is 11.9 Å². The van der Waals surface area contributed by atoms with Crippen LogP contribution in [0.25, 0.3) is 0 Å². The van der Waals surface area contributed by atoms with Gasteiger partial charge in [-0.15, -0.1) is 0 Å². The fraction of sp³-hybridized carbons (Fsp3) is 0.125. The molecule has 0 atom stereocenters. The summed E-state index contributed by atoms with van der Waals surface area (Å²) in [4.78, 5) is 0. The van der Waals surface area contributed by atoms with E-state index < -0.39 is 0 Å². The SMILES string of the molecule is C/C=[N+](\[O-])c1ccccc1. The summed E-state index contributed by atoms with van der Waals surface area (Å²) in [7, 11) is 0. The Balaban J connectivity index is 2.96. The Bertz CT molecular complexity index is 228. The molecule has 2 nitrogen and oxygen atoms in total. The molecule has 0 N–H and O–H groups in total. The van der Waals surface area contributed by atoms with Gasteiger partial charge >= 0.3 is 0 Å². The van der Waals surface area contributed by atoms with Gasteiger partial charge in [-0.25, -0.2) is 0 Å². The molecule has 0 radical (unpaired) electrons. The lowest BCUT2D eigenvalue weighted by Gasteiger charge is -1.99. The van der Waals surface area contributed by atoms with E-state index in [1.807, 2.05) is 18.2 Å². The second-order valence-electron chi connectivity index (χ2n) is 1.92. The van der Waals surface area contributed by atoms with Gasteiger partial charge in [0, 0.05) is 19.1 Å². The molecule has 0 heterocycles. The van der Waals surface area contributed by atoms with E-state index in [1.54, 1.807) is 19.1 Å². The fourth-order valence-corrected chi connectivity index (χ4v) is 0.724. The van der Waals surface area contributed by atoms with Crippen molar-refractivity contribution in [2.24, 2.45) is 0 Å². The van der Waals surface area contributed by atoms with Crippen LogP contribution in [0.1, 0.15) is 6.92 Å². The molecule has 2 heteroatoms. The number of para-hydroxylation sites is 1. The number of rotatable bonds is 1. The molecule has 0 saturated heterocycles. The smallest absolute Gasteiger partial charge is 0.216 e. The minimum atomic E-state index is 0.671. The average molecular weight is 135 g/mol. The van der Waals surface area contributed by atoms with E-state index >= 15 is 0 Å². The van der Waals surface area contributed by atoms with Crippen molar-refractivity contribution in [3.05, 3.63) is 35.5 Å². The quantitative estimate of drug-likeness (QED) is 0.250. The number of hydrogen-bond acceptors (Lipinski definition) is 1. The Hall–Kier alpha value is -1.31. The zero-order valence-electron chi connectivity index (χ0n) is 5.82. The van der Waals surface area contributed by atoms with E-state index in [0.717, 1.165) is 4.74 Å². The Morgan fingerprint density at radius 3 is 2.40 bits per heavy atom. The third kappa shape index (κ3) is 1.35. The predicted molar refractivity (Wildman–Crippen MR) is 41.5 cm³/mol. The average Bonchev–Trinajstić information content (AvgIpc) is 2.05. The number of benzene rings is 1. The molecular formula is C8H9NO. The molecule has 52 valence electrons. The van der Waals surface area contributed by atoms with Crippen molar-refractivity contribution < 1.29 is 4.74 Å². The Morgan fingerprint density at radius 1 is 1.30 bits per heavy atom. The standard InChI is InChI=1S/C8H9NO/c1-2-9(10)8-6-4-3-5-7-8/h2-7H,1H3/b9-2-. The summed E-state index contributed by atoms with van der Waals surface area (Å²) in [6, 6.07) is 9.10. The van der Waals surface area contributed by atoms with Crippen LogP contribution in [0, 0.1) is 5.21 Å². The lowest BCUT2D eigenvalue weighted by molar-refractivity contribution is -0.355. The molecule has 0 bridgehead atoms. The second-order valence-corrected chi connectivity index (χ2v) is 1.92. The monoisotopic (exact) mass is 135 g/mol. The molecule has 0 fully saturated rings. The lowest BCUT2D eigenvalue weighted by atomic mass is 10.3. The molecule has 0 aliphatic rings. The topological polar surface area (TPSA) is 26.1 Å². The highest BCUT2D eigenvalue weighted by Gasteiger charge is 1.93. The lowest BCUT2D eigenvalue weighted by Crippen LogP contribution is -1.92. The summed E-state index contributed by atoms with van der Waals surface area (Å²) in [5.41, 5.74) is 0.671. The van der Waals surface area contributed by atoms with E-state index in [4.69, 9.17) is 0 Å². The summed E-state index contributed by atoms with van der Waals surface area (Å²) < 4.78 is 0.833. The molecule has 0 saturated carbocycles. The van der Waals surface area contributed by atoms with Crippen LogP contribution in [-0.4, -0.2) is 11.0 Å². The van der Waals surface area contributed by atoms with Crippen molar-refractivity contribution in [3.8, 4) is 0 Å². The van der Waals surface area contributed by atoms with E-state index in [9.17, 15) is 5.21 Å². The highest BCUT2D eigenvalue weighted by atomic mass is 16.5. The van der Waals surface area contributed by atoms with Crippen molar-refractivity contribution in [1.82, 2.24) is 0 Å².